The van der Waals surface area contributed by atoms with Gasteiger partial charge in [-0.1, -0.05) is 40.5 Å². The third-order valence-corrected chi connectivity index (χ3v) is 4.11. The Balaban J connectivity index is 5.04. The monoisotopic (exact) mass is 256 g/mol. The Labute approximate surface area is 113 Å². The third kappa shape index (κ3) is 3.98. The predicted molar refractivity (Wildman–Crippen MR) is 78.4 cm³/mol. The summed E-state index contributed by atoms with van der Waals surface area (Å²) in [5.74, 6) is 0.252. The predicted octanol–water partition coefficient (Wildman–Crippen LogP) is 3.18. The molecule has 0 saturated carbocycles. The first-order valence-corrected chi connectivity index (χ1v) is 7.50. The van der Waals surface area contributed by atoms with Gasteiger partial charge in [-0.25, -0.2) is 0 Å². The first-order chi connectivity index (χ1) is 8.52. The molecule has 3 heteroatoms. The smallest absolute Gasteiger partial charge is 0.230 e. The van der Waals surface area contributed by atoms with E-state index in [0.29, 0.717) is 12.6 Å². The van der Waals surface area contributed by atoms with E-state index in [1.54, 1.807) is 0 Å². The number of rotatable bonds is 9. The minimum absolute atomic E-state index is 0.252. The molecule has 0 atom stereocenters. The van der Waals surface area contributed by atoms with Crippen LogP contribution in [0.5, 0.6) is 0 Å². The van der Waals surface area contributed by atoms with Crippen molar-refractivity contribution in [3.8, 4) is 0 Å². The van der Waals surface area contributed by atoms with Crippen molar-refractivity contribution in [2.75, 3.05) is 13.6 Å². The second-order valence-corrected chi connectivity index (χ2v) is 5.37. The lowest BCUT2D eigenvalue weighted by Gasteiger charge is -2.38. The molecule has 2 N–H and O–H groups in total. The van der Waals surface area contributed by atoms with Gasteiger partial charge in [-0.2, -0.15) is 0 Å². The van der Waals surface area contributed by atoms with Crippen LogP contribution in [0.2, 0.25) is 0 Å². The first-order valence-electron chi connectivity index (χ1n) is 7.50. The fourth-order valence-corrected chi connectivity index (χ4v) is 2.96. The number of carbonyl (C=O) groups is 1. The molecule has 0 bridgehead atoms. The van der Waals surface area contributed by atoms with Crippen molar-refractivity contribution in [2.45, 2.75) is 72.3 Å². The molecule has 108 valence electrons. The number of amides is 1. The minimum Gasteiger partial charge on any atom is -0.342 e. The van der Waals surface area contributed by atoms with E-state index >= 15 is 0 Å². The second-order valence-electron chi connectivity index (χ2n) is 5.37. The summed E-state index contributed by atoms with van der Waals surface area (Å²) in [6, 6.07) is 0.345. The van der Waals surface area contributed by atoms with Crippen molar-refractivity contribution >= 4 is 5.91 Å². The highest BCUT2D eigenvalue weighted by atomic mass is 16.2. The number of nitrogens with two attached hydrogens (primary N) is 1. The van der Waals surface area contributed by atoms with Gasteiger partial charge in [-0.05, 0) is 25.7 Å². The van der Waals surface area contributed by atoms with Gasteiger partial charge >= 0.3 is 0 Å². The van der Waals surface area contributed by atoms with Crippen LogP contribution in [0.25, 0.3) is 0 Å². The van der Waals surface area contributed by atoms with E-state index in [0.717, 1.165) is 38.5 Å². The van der Waals surface area contributed by atoms with Crippen LogP contribution >= 0.6 is 0 Å². The maximum absolute atomic E-state index is 12.8. The third-order valence-electron chi connectivity index (χ3n) is 4.11. The molecule has 0 radical (unpaired) electrons. The van der Waals surface area contributed by atoms with Gasteiger partial charge in [0.15, 0.2) is 0 Å². The van der Waals surface area contributed by atoms with Gasteiger partial charge < -0.3 is 10.6 Å². The van der Waals surface area contributed by atoms with Crippen molar-refractivity contribution in [1.29, 1.82) is 0 Å². The summed E-state index contributed by atoms with van der Waals surface area (Å²) in [4.78, 5) is 14.7. The summed E-state index contributed by atoms with van der Waals surface area (Å²) >= 11 is 0. The lowest BCUT2D eigenvalue weighted by Crippen LogP contribution is -2.49. The maximum Gasteiger partial charge on any atom is 0.230 e. The number of carbonyl (C=O) groups excluding carboxylic acids is 1. The van der Waals surface area contributed by atoms with Crippen LogP contribution in [0.4, 0.5) is 0 Å². The largest absolute Gasteiger partial charge is 0.342 e. The summed E-state index contributed by atoms with van der Waals surface area (Å²) in [5.41, 5.74) is 5.62. The average Bonchev–Trinajstić information content (AvgIpc) is 2.38. The molecule has 0 heterocycles. The van der Waals surface area contributed by atoms with Crippen LogP contribution in [0.1, 0.15) is 66.2 Å². The SMILES string of the molecule is CCCC(CN)(CCC)C(=O)N(C)C(CC)CC. The van der Waals surface area contributed by atoms with Crippen molar-refractivity contribution in [1.82, 2.24) is 4.90 Å². The molecular formula is C15H32N2O. The molecule has 0 spiro atoms. The zero-order chi connectivity index (χ0) is 14.2. The van der Waals surface area contributed by atoms with E-state index in [4.69, 9.17) is 5.73 Å². The summed E-state index contributed by atoms with van der Waals surface area (Å²) in [6.07, 6.45) is 5.86. The molecule has 1 amide bonds. The van der Waals surface area contributed by atoms with Crippen molar-refractivity contribution in [3.63, 3.8) is 0 Å². The zero-order valence-electron chi connectivity index (χ0n) is 13.0. The molecule has 0 aliphatic heterocycles. The molecule has 0 fully saturated rings. The number of nitrogens with zero attached hydrogens (tertiary/aromatic N) is 1. The molecule has 0 aromatic rings. The molecule has 0 aromatic heterocycles. The van der Waals surface area contributed by atoms with Crippen LogP contribution in [0.15, 0.2) is 0 Å². The fraction of sp³-hybridized carbons (Fsp3) is 0.933. The van der Waals surface area contributed by atoms with Gasteiger partial charge in [-0.15, -0.1) is 0 Å². The van der Waals surface area contributed by atoms with E-state index in [9.17, 15) is 4.79 Å². The summed E-state index contributed by atoms with van der Waals surface area (Å²) in [5, 5.41) is 0. The Hall–Kier alpha value is -0.570. The van der Waals surface area contributed by atoms with E-state index in [1.165, 1.54) is 0 Å². The summed E-state index contributed by atoms with van der Waals surface area (Å²) in [6.45, 7) is 9.01. The van der Waals surface area contributed by atoms with Gasteiger partial charge in [0.25, 0.3) is 0 Å². The van der Waals surface area contributed by atoms with Crippen LogP contribution in [0, 0.1) is 5.41 Å². The highest BCUT2D eigenvalue weighted by Gasteiger charge is 2.38. The van der Waals surface area contributed by atoms with Crippen LogP contribution in [-0.2, 0) is 4.79 Å². The van der Waals surface area contributed by atoms with Gasteiger partial charge in [-0.3, -0.25) is 4.79 Å². The minimum atomic E-state index is -0.332. The van der Waals surface area contributed by atoms with Gasteiger partial charge in [0.1, 0.15) is 0 Å². The Morgan fingerprint density at radius 1 is 1.11 bits per heavy atom. The highest BCUT2D eigenvalue weighted by Crippen LogP contribution is 2.32. The lowest BCUT2D eigenvalue weighted by molar-refractivity contribution is -0.143. The Bertz CT molecular complexity index is 231. The lowest BCUT2D eigenvalue weighted by atomic mass is 9.77. The highest BCUT2D eigenvalue weighted by molar-refractivity contribution is 5.83. The van der Waals surface area contributed by atoms with Crippen molar-refractivity contribution < 1.29 is 4.79 Å². The van der Waals surface area contributed by atoms with Crippen LogP contribution < -0.4 is 5.73 Å². The Morgan fingerprint density at radius 3 is 1.83 bits per heavy atom. The first kappa shape index (κ1) is 17.4. The van der Waals surface area contributed by atoms with Gasteiger partial charge in [0.2, 0.25) is 5.91 Å². The summed E-state index contributed by atoms with van der Waals surface area (Å²) in [7, 11) is 1.94. The van der Waals surface area contributed by atoms with Crippen molar-refractivity contribution in [2.24, 2.45) is 11.1 Å². The van der Waals surface area contributed by atoms with E-state index < -0.39 is 0 Å². The van der Waals surface area contributed by atoms with E-state index in [1.807, 2.05) is 11.9 Å². The quantitative estimate of drug-likeness (QED) is 0.688. The molecule has 0 rings (SSSR count). The van der Waals surface area contributed by atoms with Crippen molar-refractivity contribution in [3.05, 3.63) is 0 Å². The van der Waals surface area contributed by atoms with Gasteiger partial charge in [0.05, 0.1) is 5.41 Å². The molecule has 0 aliphatic carbocycles. The molecular weight excluding hydrogens is 224 g/mol. The molecule has 0 aliphatic rings. The number of hydrogen-bond donors (Lipinski definition) is 1. The average molecular weight is 256 g/mol. The second kappa shape index (κ2) is 8.52. The van der Waals surface area contributed by atoms with Gasteiger partial charge in [0, 0.05) is 19.6 Å². The zero-order valence-corrected chi connectivity index (χ0v) is 13.0. The fourth-order valence-electron chi connectivity index (χ4n) is 2.96. The maximum atomic E-state index is 12.8. The van der Waals surface area contributed by atoms with E-state index in [-0.39, 0.29) is 11.3 Å². The van der Waals surface area contributed by atoms with Crippen LogP contribution in [-0.4, -0.2) is 30.4 Å². The normalized spacial score (nSPS) is 11.9. The molecule has 0 saturated heterocycles. The Morgan fingerprint density at radius 2 is 1.56 bits per heavy atom. The molecule has 0 unspecified atom stereocenters. The Kier molecular flexibility index (Phi) is 8.25. The molecule has 0 aromatic carbocycles. The topological polar surface area (TPSA) is 46.3 Å². The standard InChI is InChI=1S/C15H32N2O/c1-6-10-15(12-16,11-7-2)14(18)17(5)13(8-3)9-4/h13H,6-12,16H2,1-5H3. The molecule has 3 nitrogen and oxygen atoms in total. The van der Waals surface area contributed by atoms with E-state index in [2.05, 4.69) is 27.7 Å². The number of hydrogen-bond acceptors (Lipinski definition) is 2. The van der Waals surface area contributed by atoms with Crippen LogP contribution in [0.3, 0.4) is 0 Å². The molecule has 18 heavy (non-hydrogen) atoms. The summed E-state index contributed by atoms with van der Waals surface area (Å²) < 4.78 is 0.